The van der Waals surface area contributed by atoms with Gasteiger partial charge in [-0.25, -0.2) is 9.29 Å². The summed E-state index contributed by atoms with van der Waals surface area (Å²) in [5.41, 5.74) is 3.26. The number of carbonyl (C=O) groups excluding carboxylic acids is 3. The van der Waals surface area contributed by atoms with E-state index in [4.69, 9.17) is 11.6 Å². The van der Waals surface area contributed by atoms with Gasteiger partial charge in [-0.2, -0.15) is 0 Å². The van der Waals surface area contributed by atoms with Crippen LogP contribution in [0.1, 0.15) is 21.5 Å². The van der Waals surface area contributed by atoms with Crippen LogP contribution in [0, 0.1) is 19.7 Å². The Kier molecular flexibility index (Phi) is 5.98. The van der Waals surface area contributed by atoms with Crippen LogP contribution in [-0.2, 0) is 9.59 Å². The Morgan fingerprint density at radius 2 is 1.61 bits per heavy atom. The minimum Gasteiger partial charge on any atom is -0.350 e. The summed E-state index contributed by atoms with van der Waals surface area (Å²) in [5, 5.41) is 5.34. The van der Waals surface area contributed by atoms with Crippen molar-refractivity contribution in [3.8, 4) is 0 Å². The Labute approximate surface area is 194 Å². The molecule has 0 saturated heterocycles. The lowest BCUT2D eigenvalue weighted by atomic mass is 10.1. The quantitative estimate of drug-likeness (QED) is 0.514. The highest BCUT2D eigenvalue weighted by Crippen LogP contribution is 2.31. The van der Waals surface area contributed by atoms with Crippen molar-refractivity contribution in [2.45, 2.75) is 13.8 Å². The van der Waals surface area contributed by atoms with Crippen molar-refractivity contribution in [3.63, 3.8) is 0 Å². The number of hydrogen-bond donors (Lipinski definition) is 2. The SMILES string of the molecule is Cc1cccc(NC(=O)c2ccc(NC3=C(Cl)C(=O)N(c4ccccc4F)C3=O)cc2)c1C. The first-order valence-corrected chi connectivity index (χ1v) is 10.4. The van der Waals surface area contributed by atoms with E-state index in [1.54, 1.807) is 24.3 Å². The summed E-state index contributed by atoms with van der Waals surface area (Å²) in [6, 6.07) is 17.4. The van der Waals surface area contributed by atoms with Gasteiger partial charge in [-0.15, -0.1) is 0 Å². The molecule has 8 heteroatoms. The van der Waals surface area contributed by atoms with Crippen LogP contribution in [0.15, 0.2) is 77.5 Å². The van der Waals surface area contributed by atoms with E-state index in [0.29, 0.717) is 16.2 Å². The molecule has 0 saturated carbocycles. The lowest BCUT2D eigenvalue weighted by molar-refractivity contribution is -0.120. The van der Waals surface area contributed by atoms with Crippen molar-refractivity contribution in [1.29, 1.82) is 0 Å². The molecule has 0 aliphatic carbocycles. The number of hydrogen-bond acceptors (Lipinski definition) is 4. The van der Waals surface area contributed by atoms with Gasteiger partial charge in [-0.05, 0) is 67.4 Å². The first-order valence-electron chi connectivity index (χ1n) is 10.1. The molecule has 6 nitrogen and oxygen atoms in total. The fraction of sp³-hybridized carbons (Fsp3) is 0.0800. The first-order chi connectivity index (χ1) is 15.8. The molecular weight excluding hydrogens is 445 g/mol. The fourth-order valence-corrected chi connectivity index (χ4v) is 3.61. The monoisotopic (exact) mass is 463 g/mol. The maximum absolute atomic E-state index is 14.1. The van der Waals surface area contributed by atoms with E-state index >= 15 is 0 Å². The highest BCUT2D eigenvalue weighted by molar-refractivity contribution is 6.53. The average Bonchev–Trinajstić information content (AvgIpc) is 3.01. The number of aryl methyl sites for hydroxylation is 1. The van der Waals surface area contributed by atoms with Crippen LogP contribution in [0.3, 0.4) is 0 Å². The molecule has 1 aliphatic rings. The highest BCUT2D eigenvalue weighted by Gasteiger charge is 2.40. The van der Waals surface area contributed by atoms with Gasteiger partial charge in [0.2, 0.25) is 0 Å². The van der Waals surface area contributed by atoms with E-state index in [1.165, 1.54) is 18.2 Å². The minimum absolute atomic E-state index is 0.169. The molecule has 0 radical (unpaired) electrons. The summed E-state index contributed by atoms with van der Waals surface area (Å²) in [5.74, 6) is -2.60. The second-order valence-electron chi connectivity index (χ2n) is 7.49. The second kappa shape index (κ2) is 8.88. The van der Waals surface area contributed by atoms with Gasteiger partial charge in [0.15, 0.2) is 0 Å². The number of halogens is 2. The summed E-state index contributed by atoms with van der Waals surface area (Å²) >= 11 is 6.09. The normalized spacial score (nSPS) is 13.5. The lowest BCUT2D eigenvalue weighted by Gasteiger charge is -2.15. The smallest absolute Gasteiger partial charge is 0.283 e. The van der Waals surface area contributed by atoms with Crippen LogP contribution >= 0.6 is 11.6 Å². The van der Waals surface area contributed by atoms with E-state index in [-0.39, 0.29) is 22.3 Å². The topological polar surface area (TPSA) is 78.5 Å². The molecule has 0 atom stereocenters. The minimum atomic E-state index is -0.821. The van der Waals surface area contributed by atoms with Crippen molar-refractivity contribution in [2.24, 2.45) is 0 Å². The molecule has 0 aromatic heterocycles. The van der Waals surface area contributed by atoms with Crippen LogP contribution < -0.4 is 15.5 Å². The van der Waals surface area contributed by atoms with E-state index in [0.717, 1.165) is 22.9 Å². The number of anilines is 3. The molecule has 3 amide bonds. The number of carbonyl (C=O) groups is 3. The summed E-state index contributed by atoms with van der Waals surface area (Å²) < 4.78 is 14.1. The van der Waals surface area contributed by atoms with Gasteiger partial charge in [0.25, 0.3) is 17.7 Å². The number of rotatable bonds is 5. The van der Waals surface area contributed by atoms with E-state index in [2.05, 4.69) is 10.6 Å². The molecule has 4 rings (SSSR count). The molecule has 0 fully saturated rings. The number of imide groups is 1. The zero-order valence-corrected chi connectivity index (χ0v) is 18.5. The first kappa shape index (κ1) is 22.2. The molecule has 3 aromatic carbocycles. The predicted octanol–water partition coefficient (Wildman–Crippen LogP) is 5.13. The summed E-state index contributed by atoms with van der Waals surface area (Å²) in [4.78, 5) is 38.6. The largest absolute Gasteiger partial charge is 0.350 e. The lowest BCUT2D eigenvalue weighted by Crippen LogP contribution is -2.33. The van der Waals surface area contributed by atoms with Crippen molar-refractivity contribution in [3.05, 3.63) is 100.0 Å². The Bertz CT molecular complexity index is 1320. The third-order valence-corrected chi connectivity index (χ3v) is 5.74. The zero-order valence-electron chi connectivity index (χ0n) is 17.8. The Hall–Kier alpha value is -3.97. The average molecular weight is 464 g/mol. The molecule has 0 unspecified atom stereocenters. The molecule has 33 heavy (non-hydrogen) atoms. The van der Waals surface area contributed by atoms with Crippen LogP contribution in [0.4, 0.5) is 21.5 Å². The molecule has 1 aliphatic heterocycles. The van der Waals surface area contributed by atoms with Gasteiger partial charge >= 0.3 is 0 Å². The van der Waals surface area contributed by atoms with Crippen molar-refractivity contribution in [2.75, 3.05) is 15.5 Å². The van der Waals surface area contributed by atoms with Crippen LogP contribution in [0.5, 0.6) is 0 Å². The molecule has 1 heterocycles. The second-order valence-corrected chi connectivity index (χ2v) is 7.87. The maximum atomic E-state index is 14.1. The number of para-hydroxylation sites is 1. The van der Waals surface area contributed by atoms with Gasteiger partial charge in [0, 0.05) is 16.9 Å². The van der Waals surface area contributed by atoms with Gasteiger partial charge in [0.1, 0.15) is 16.5 Å². The van der Waals surface area contributed by atoms with Crippen molar-refractivity contribution < 1.29 is 18.8 Å². The summed E-state index contributed by atoms with van der Waals surface area (Å²) in [6.45, 7) is 3.90. The number of nitrogens with zero attached hydrogens (tertiary/aromatic N) is 1. The van der Waals surface area contributed by atoms with Crippen molar-refractivity contribution >= 4 is 46.4 Å². The molecule has 0 bridgehead atoms. The van der Waals surface area contributed by atoms with E-state index < -0.39 is 17.6 Å². The Morgan fingerprint density at radius 1 is 0.909 bits per heavy atom. The number of nitrogens with one attached hydrogen (secondary N) is 2. The molecule has 3 aromatic rings. The standard InChI is InChI=1S/C25H19ClFN3O3/c1-14-6-5-8-19(15(14)2)29-23(31)16-10-12-17(13-11-16)28-22-21(26)24(32)30(25(22)33)20-9-4-3-7-18(20)27/h3-13,28H,1-2H3,(H,29,31). The van der Waals surface area contributed by atoms with Gasteiger partial charge in [-0.3, -0.25) is 14.4 Å². The Morgan fingerprint density at radius 3 is 2.30 bits per heavy atom. The fourth-order valence-electron chi connectivity index (χ4n) is 3.39. The molecular formula is C25H19ClFN3O3. The highest BCUT2D eigenvalue weighted by atomic mass is 35.5. The number of amides is 3. The third kappa shape index (κ3) is 4.23. The predicted molar refractivity (Wildman–Crippen MR) is 126 cm³/mol. The van der Waals surface area contributed by atoms with Crippen LogP contribution in [-0.4, -0.2) is 17.7 Å². The summed E-state index contributed by atoms with van der Waals surface area (Å²) in [7, 11) is 0. The third-order valence-electron chi connectivity index (χ3n) is 5.39. The van der Waals surface area contributed by atoms with Gasteiger partial charge in [-0.1, -0.05) is 35.9 Å². The zero-order chi connectivity index (χ0) is 23.7. The Balaban J connectivity index is 1.50. The van der Waals surface area contributed by atoms with Gasteiger partial charge in [0.05, 0.1) is 5.69 Å². The summed E-state index contributed by atoms with van der Waals surface area (Å²) in [6.07, 6.45) is 0. The molecule has 166 valence electrons. The van der Waals surface area contributed by atoms with E-state index in [1.807, 2.05) is 32.0 Å². The molecule has 0 spiro atoms. The van der Waals surface area contributed by atoms with Crippen LogP contribution in [0.2, 0.25) is 0 Å². The van der Waals surface area contributed by atoms with Crippen LogP contribution in [0.25, 0.3) is 0 Å². The van der Waals surface area contributed by atoms with Crippen molar-refractivity contribution in [1.82, 2.24) is 0 Å². The number of benzene rings is 3. The van der Waals surface area contributed by atoms with E-state index in [9.17, 15) is 18.8 Å². The molecule has 2 N–H and O–H groups in total. The van der Waals surface area contributed by atoms with Gasteiger partial charge < -0.3 is 10.6 Å². The maximum Gasteiger partial charge on any atom is 0.283 e.